The molecule has 0 spiro atoms. The van der Waals surface area contributed by atoms with Crippen molar-refractivity contribution in [2.75, 3.05) is 45.4 Å². The number of aromatic amines is 2. The third-order valence-electron chi connectivity index (χ3n) is 16.9. The molecule has 0 radical (unpaired) electrons. The molecule has 2 bridgehead atoms. The van der Waals surface area contributed by atoms with Crippen molar-refractivity contribution in [3.63, 3.8) is 0 Å². The number of hydrogen-bond donors (Lipinski definition) is 9. The monoisotopic (exact) mass is 1330 g/mol. The second kappa shape index (κ2) is 39.5. The van der Waals surface area contributed by atoms with Crippen LogP contribution in [0.1, 0.15) is 155 Å². The van der Waals surface area contributed by atoms with Gasteiger partial charge >= 0.3 is 6.03 Å². The molecule has 10 atom stereocenters. The zero-order chi connectivity index (χ0) is 68.1. The number of H-pyrrole nitrogens is 2. The van der Waals surface area contributed by atoms with Crippen LogP contribution in [0.25, 0.3) is 10.9 Å². The number of fused-ring (bicyclic) bond motifs is 4. The zero-order valence-electron chi connectivity index (χ0n) is 55.8. The standard InChI is InChI=1S/C65H95N13O13S.C2H6/c1-39(2)25-42-31-57(82)52(26-40(3)4)71-61(84)41(5)27-56(81)53(32-45-34-67-38-69-45)72-63(86)43(29-48(80)36-91-24-23-90-22-21-89-20-12-14-47(79)13-6-9-18-58-59-55(37-92-58)74-65(88)75-59)28-46-35-78(77-76-46)19-11-10-17-51(60(66)83)70-64(87)54(73-62(42)85)30-44-33-68-50-16-8-7-15-49(44)50;1-2/h7-8,15-16,33-35,38-43,51-55,58-59,68H,6,9-14,17-32,36-37H2,1-5H3,(H2,66,83)(H,67,69)(H,70,87)(H,71,84)(H,72,86)(H,73,85)(H2,74,75,88);1-2H3/t41-,42-,43+,51-,52+,53+,54+,55+,58+,59+;/m0./s1. The lowest BCUT2D eigenvalue weighted by atomic mass is 9.87. The molecule has 2 fully saturated rings. The number of aromatic nitrogens is 6. The highest BCUT2D eigenvalue weighted by molar-refractivity contribution is 8.00. The Hall–Kier alpha value is -7.36. The molecule has 7 rings (SSSR count). The number of Topliss-reactive ketones (excluding diaryl/α,β-unsaturated/α-hetero) is 4. The summed E-state index contributed by atoms with van der Waals surface area (Å²) in [5.41, 5.74) is 8.34. The normalized spacial score (nSPS) is 23.9. The number of hydrogen-bond acceptors (Lipinski definition) is 17. The summed E-state index contributed by atoms with van der Waals surface area (Å²) in [6, 6.07) is 3.24. The van der Waals surface area contributed by atoms with Gasteiger partial charge in [-0.2, -0.15) is 11.8 Å². The first kappa shape index (κ1) is 75.7. The van der Waals surface area contributed by atoms with E-state index >= 15 is 0 Å². The summed E-state index contributed by atoms with van der Waals surface area (Å²) in [6.07, 6.45) is 11.2. The van der Waals surface area contributed by atoms with E-state index in [0.717, 1.165) is 41.5 Å². The predicted molar refractivity (Wildman–Crippen MR) is 355 cm³/mol. The van der Waals surface area contributed by atoms with Gasteiger partial charge in [0.25, 0.3) is 0 Å². The highest BCUT2D eigenvalue weighted by Crippen LogP contribution is 2.33. The molecule has 2 saturated heterocycles. The van der Waals surface area contributed by atoms with Crippen molar-refractivity contribution in [1.29, 1.82) is 0 Å². The Balaban J connectivity index is 0.00000693. The minimum absolute atomic E-state index is 0.0260. The third kappa shape index (κ3) is 25.1. The van der Waals surface area contributed by atoms with Crippen LogP contribution in [0.4, 0.5) is 4.79 Å². The van der Waals surface area contributed by atoms with Gasteiger partial charge in [-0.25, -0.2) is 9.78 Å². The van der Waals surface area contributed by atoms with E-state index in [2.05, 4.69) is 57.2 Å². The molecular weight excluding hydrogens is 1230 g/mol. The van der Waals surface area contributed by atoms with Gasteiger partial charge in [0.05, 0.1) is 68.5 Å². The van der Waals surface area contributed by atoms with Crippen LogP contribution in [0.2, 0.25) is 0 Å². The average molecular weight is 1330 g/mol. The smallest absolute Gasteiger partial charge is 0.315 e. The molecule has 27 heteroatoms. The van der Waals surface area contributed by atoms with Gasteiger partial charge in [-0.3, -0.25) is 47.8 Å². The van der Waals surface area contributed by atoms with E-state index in [4.69, 9.17) is 19.9 Å². The SMILES string of the molecule is CC.CC(C)C[C@H]1CC(=O)[C@@H](CC(C)C)NC(=O)[C@@H](C)CC(=O)[C@@H](Cc2cnc[nH]2)NC(=O)[C@@H](CC(=O)COCCOCCOCCCC(=O)CCCC[C@H]2SC[C@H]3NC(=O)N[C@H]32)Cc2cn(nn2)CCCC[C@@H](C(N)=O)NC(=O)[C@@H](Cc2c[nH]c3ccccc23)NC1=O. The highest BCUT2D eigenvalue weighted by Gasteiger charge is 2.43. The van der Waals surface area contributed by atoms with Gasteiger partial charge in [-0.1, -0.05) is 78.3 Å². The minimum Gasteiger partial charge on any atom is -0.379 e. The highest BCUT2D eigenvalue weighted by atomic mass is 32.2. The lowest BCUT2D eigenvalue weighted by Crippen LogP contribution is -2.54. The number of para-hydroxylation sites is 1. The number of nitrogens with two attached hydrogens (primary N) is 1. The number of urea groups is 1. The van der Waals surface area contributed by atoms with Crippen LogP contribution >= 0.6 is 11.8 Å². The molecule has 0 aliphatic carbocycles. The van der Waals surface area contributed by atoms with Crippen LogP contribution in [-0.2, 0) is 83.2 Å². The first-order valence-corrected chi connectivity index (χ1v) is 34.7. The first-order chi connectivity index (χ1) is 45.2. The van der Waals surface area contributed by atoms with Crippen LogP contribution < -0.4 is 37.6 Å². The van der Waals surface area contributed by atoms with Crippen molar-refractivity contribution >= 4 is 81.4 Å². The lowest BCUT2D eigenvalue weighted by Gasteiger charge is -2.27. The molecule has 26 nitrogen and oxygen atoms in total. The lowest BCUT2D eigenvalue weighted by molar-refractivity contribution is -0.136. The van der Waals surface area contributed by atoms with E-state index in [1.807, 2.05) is 77.6 Å². The minimum atomic E-state index is -1.20. The molecule has 1 aromatic carbocycles. The Kier molecular flexibility index (Phi) is 31.8. The van der Waals surface area contributed by atoms with Crippen LogP contribution in [0.5, 0.6) is 0 Å². The van der Waals surface area contributed by atoms with Crippen molar-refractivity contribution in [3.8, 4) is 0 Å². The first-order valence-electron chi connectivity index (χ1n) is 33.6. The Bertz CT molecular complexity index is 3100. The number of nitrogens with one attached hydrogen (secondary N) is 8. The fourth-order valence-corrected chi connectivity index (χ4v) is 13.5. The van der Waals surface area contributed by atoms with Crippen molar-refractivity contribution in [2.45, 2.75) is 206 Å². The van der Waals surface area contributed by atoms with Gasteiger partial charge in [0.2, 0.25) is 29.5 Å². The maximum atomic E-state index is 14.5. The van der Waals surface area contributed by atoms with E-state index < -0.39 is 88.8 Å². The number of amides is 7. The van der Waals surface area contributed by atoms with Crippen molar-refractivity contribution in [1.82, 2.24) is 61.8 Å². The fraction of sp³-hybridized carbons (Fsp3) is 0.657. The molecule has 10 N–H and O–H groups in total. The quantitative estimate of drug-likeness (QED) is 0.0263. The number of imidazole rings is 1. The van der Waals surface area contributed by atoms with Crippen LogP contribution in [0.3, 0.4) is 0 Å². The number of benzene rings is 1. The van der Waals surface area contributed by atoms with Gasteiger partial charge in [-0.15, -0.1) is 5.10 Å². The summed E-state index contributed by atoms with van der Waals surface area (Å²) >= 11 is 1.87. The Morgan fingerprint density at radius 3 is 2.13 bits per heavy atom. The van der Waals surface area contributed by atoms with Crippen molar-refractivity contribution < 1.29 is 62.2 Å². The number of thioether (sulfide) groups is 1. The molecule has 4 aromatic rings. The number of carbonyl (C=O) groups is 10. The van der Waals surface area contributed by atoms with Crippen LogP contribution in [0.15, 0.2) is 49.2 Å². The molecule has 3 aromatic heterocycles. The van der Waals surface area contributed by atoms with Gasteiger partial charge < -0.3 is 61.8 Å². The molecule has 6 heterocycles. The van der Waals surface area contributed by atoms with Crippen molar-refractivity contribution in [3.05, 3.63) is 66.1 Å². The van der Waals surface area contributed by atoms with Crippen molar-refractivity contribution in [2.24, 2.45) is 35.3 Å². The van der Waals surface area contributed by atoms with E-state index in [1.54, 1.807) is 24.0 Å². The third-order valence-corrected chi connectivity index (χ3v) is 18.4. The maximum absolute atomic E-state index is 14.5. The molecule has 0 unspecified atom stereocenters. The summed E-state index contributed by atoms with van der Waals surface area (Å²) in [5.74, 6) is -6.50. The Morgan fingerprint density at radius 1 is 0.702 bits per heavy atom. The number of rotatable bonds is 28. The summed E-state index contributed by atoms with van der Waals surface area (Å²) in [5, 5.41) is 27.2. The van der Waals surface area contributed by atoms with E-state index in [9.17, 15) is 47.9 Å². The average Bonchev–Trinajstić information content (AvgIpc) is 1.67. The van der Waals surface area contributed by atoms with Gasteiger partial charge in [0.15, 0.2) is 17.3 Å². The summed E-state index contributed by atoms with van der Waals surface area (Å²) in [6.45, 7) is 14.4. The number of ketones is 4. The molecule has 94 heavy (non-hydrogen) atoms. The second-order valence-electron chi connectivity index (χ2n) is 25.6. The predicted octanol–water partition coefficient (Wildman–Crippen LogP) is 5.11. The molecule has 3 aliphatic rings. The zero-order valence-corrected chi connectivity index (χ0v) is 56.6. The maximum Gasteiger partial charge on any atom is 0.315 e. The van der Waals surface area contributed by atoms with E-state index in [-0.39, 0.29) is 120 Å². The van der Waals surface area contributed by atoms with Gasteiger partial charge in [-0.05, 0) is 74.8 Å². The number of primary amides is 1. The Labute approximate surface area is 555 Å². The number of carbonyl (C=O) groups excluding carboxylic acids is 10. The van der Waals surface area contributed by atoms with Crippen LogP contribution in [0, 0.1) is 29.6 Å². The molecule has 3 aliphatic heterocycles. The topological polar surface area (TPSA) is 372 Å². The number of aryl methyl sites for hydroxylation is 1. The molecule has 518 valence electrons. The number of nitrogens with zero attached hydrogens (tertiary/aromatic N) is 4. The summed E-state index contributed by atoms with van der Waals surface area (Å²) in [4.78, 5) is 148. The van der Waals surface area contributed by atoms with E-state index in [0.29, 0.717) is 68.5 Å². The molecule has 7 amide bonds. The number of ether oxygens (including phenoxy) is 3. The number of unbranched alkanes of at least 4 members (excludes halogenated alkanes) is 1. The van der Waals surface area contributed by atoms with E-state index in [1.165, 1.54) is 12.5 Å². The largest absolute Gasteiger partial charge is 0.379 e. The fourth-order valence-electron chi connectivity index (χ4n) is 12.0. The molecular formula is C67H101N13O13S. The summed E-state index contributed by atoms with van der Waals surface area (Å²) < 4.78 is 18.6. The summed E-state index contributed by atoms with van der Waals surface area (Å²) in [7, 11) is 0. The van der Waals surface area contributed by atoms with Gasteiger partial charge in [0.1, 0.15) is 24.5 Å². The molecule has 0 saturated carbocycles. The second-order valence-corrected chi connectivity index (χ2v) is 26.9. The van der Waals surface area contributed by atoms with Crippen LogP contribution in [-0.4, -0.2) is 176 Å². The van der Waals surface area contributed by atoms with Gasteiger partial charge in [0, 0.05) is 123 Å². The Morgan fingerprint density at radius 2 is 1.39 bits per heavy atom.